The van der Waals surface area contributed by atoms with Crippen LogP contribution in [-0.4, -0.2) is 39.5 Å². The largest absolute Gasteiger partial charge is 0.372 e. The first-order chi connectivity index (χ1) is 15.3. The molecular weight excluding hydrogens is 434 g/mol. The van der Waals surface area contributed by atoms with Gasteiger partial charge >= 0.3 is 5.69 Å². The molecule has 0 saturated heterocycles. The van der Waals surface area contributed by atoms with Crippen LogP contribution < -0.4 is 10.7 Å². The molecule has 166 valence electrons. The topological polar surface area (TPSA) is 112 Å². The molecule has 11 heteroatoms. The standard InChI is InChI=1S/C21H21N5O5S/c1-21(31-4)18(30-3)16-8-6-5-7-15(16)17(13-9-11-14(12-10-13)26(28)29)23-25(21)20-22-19(27)24(2)32-20/h5-12,18H,1-4H3/t18-,21+/m0/s1. The van der Waals surface area contributed by atoms with Crippen LogP contribution in [0.25, 0.3) is 0 Å². The summed E-state index contributed by atoms with van der Waals surface area (Å²) < 4.78 is 13.2. The summed E-state index contributed by atoms with van der Waals surface area (Å²) in [4.78, 5) is 26.9. The molecule has 0 fully saturated rings. The highest BCUT2D eigenvalue weighted by molar-refractivity contribution is 7.10. The Morgan fingerprint density at radius 2 is 1.84 bits per heavy atom. The van der Waals surface area contributed by atoms with E-state index >= 15 is 0 Å². The maximum atomic E-state index is 12.1. The number of hydrogen-bond acceptors (Lipinski definition) is 9. The third-order valence-electron chi connectivity index (χ3n) is 5.47. The van der Waals surface area contributed by atoms with Crippen LogP contribution in [0.1, 0.15) is 29.7 Å². The number of fused-ring (bicyclic) bond motifs is 1. The second kappa shape index (κ2) is 8.26. The Balaban J connectivity index is 2.01. The summed E-state index contributed by atoms with van der Waals surface area (Å²) >= 11 is 1.13. The van der Waals surface area contributed by atoms with Crippen molar-refractivity contribution in [3.05, 3.63) is 85.8 Å². The summed E-state index contributed by atoms with van der Waals surface area (Å²) in [5.74, 6) is 0. The molecule has 0 spiro atoms. The zero-order chi connectivity index (χ0) is 23.0. The number of aryl methyl sites for hydroxylation is 1. The number of aromatic nitrogens is 2. The van der Waals surface area contributed by atoms with Gasteiger partial charge in [-0.2, -0.15) is 10.1 Å². The highest BCUT2D eigenvalue weighted by Gasteiger charge is 2.47. The maximum absolute atomic E-state index is 12.1. The molecule has 10 nitrogen and oxygen atoms in total. The molecule has 1 aromatic heterocycles. The van der Waals surface area contributed by atoms with Crippen molar-refractivity contribution in [1.82, 2.24) is 8.94 Å². The molecule has 0 saturated carbocycles. The van der Waals surface area contributed by atoms with Gasteiger partial charge in [-0.1, -0.05) is 24.3 Å². The molecule has 0 radical (unpaired) electrons. The summed E-state index contributed by atoms with van der Waals surface area (Å²) in [7, 11) is 4.74. The minimum absolute atomic E-state index is 0.0208. The van der Waals surface area contributed by atoms with E-state index in [0.717, 1.165) is 22.7 Å². The highest BCUT2D eigenvalue weighted by Crippen LogP contribution is 2.42. The van der Waals surface area contributed by atoms with Crippen molar-refractivity contribution >= 4 is 28.1 Å². The van der Waals surface area contributed by atoms with Gasteiger partial charge < -0.3 is 9.47 Å². The van der Waals surface area contributed by atoms with Crippen molar-refractivity contribution in [3.8, 4) is 0 Å². The quantitative estimate of drug-likeness (QED) is 0.429. The number of nitro groups is 1. The first-order valence-electron chi connectivity index (χ1n) is 9.65. The van der Waals surface area contributed by atoms with Crippen LogP contribution in [-0.2, 0) is 16.5 Å². The van der Waals surface area contributed by atoms with Gasteiger partial charge in [0, 0.05) is 44.5 Å². The Bertz CT molecular complexity index is 1250. The van der Waals surface area contributed by atoms with E-state index in [2.05, 4.69) is 4.98 Å². The fourth-order valence-electron chi connectivity index (χ4n) is 3.74. The number of anilines is 1. The summed E-state index contributed by atoms with van der Waals surface area (Å²) in [6.07, 6.45) is -0.590. The van der Waals surface area contributed by atoms with Crippen molar-refractivity contribution in [2.45, 2.75) is 18.8 Å². The lowest BCUT2D eigenvalue weighted by molar-refractivity contribution is -0.384. The smallest absolute Gasteiger partial charge is 0.359 e. The van der Waals surface area contributed by atoms with E-state index in [9.17, 15) is 14.9 Å². The summed E-state index contributed by atoms with van der Waals surface area (Å²) in [5, 5.41) is 17.9. The van der Waals surface area contributed by atoms with Gasteiger partial charge in [0.2, 0.25) is 5.13 Å². The molecule has 2 atom stereocenters. The molecule has 0 unspecified atom stereocenters. The van der Waals surface area contributed by atoms with Crippen LogP contribution >= 0.6 is 11.5 Å². The van der Waals surface area contributed by atoms with Crippen molar-refractivity contribution < 1.29 is 14.4 Å². The maximum Gasteiger partial charge on any atom is 0.359 e. The minimum Gasteiger partial charge on any atom is -0.372 e. The normalized spacial score (nSPS) is 20.4. The van der Waals surface area contributed by atoms with E-state index in [1.165, 1.54) is 16.1 Å². The molecule has 4 rings (SSSR count). The van der Waals surface area contributed by atoms with Gasteiger partial charge in [-0.3, -0.25) is 10.1 Å². The Hall–Kier alpha value is -3.41. The summed E-state index contributed by atoms with van der Waals surface area (Å²) in [5.41, 5.74) is 1.23. The molecule has 0 N–H and O–H groups in total. The molecule has 0 aliphatic carbocycles. The lowest BCUT2D eigenvalue weighted by Crippen LogP contribution is -2.50. The molecule has 3 aromatic rings. The van der Waals surface area contributed by atoms with Crippen LogP contribution in [0.4, 0.5) is 10.8 Å². The third-order valence-corrected chi connectivity index (χ3v) is 6.32. The first kappa shape index (κ1) is 21.8. The van der Waals surface area contributed by atoms with Gasteiger partial charge in [-0.05, 0) is 36.2 Å². The SMILES string of the molecule is CO[C@H]1c2ccccc2C(c2ccc([N+](=O)[O-])cc2)=NN(c2nc(=O)n(C)s2)[C@]1(C)OC. The lowest BCUT2D eigenvalue weighted by atomic mass is 9.91. The van der Waals surface area contributed by atoms with Gasteiger partial charge in [-0.25, -0.2) is 13.8 Å². The van der Waals surface area contributed by atoms with Gasteiger partial charge in [0.1, 0.15) is 6.10 Å². The van der Waals surface area contributed by atoms with E-state index < -0.39 is 22.4 Å². The number of hydrazone groups is 1. The molecule has 0 bridgehead atoms. The molecule has 1 aliphatic heterocycles. The number of nitro benzene ring substituents is 1. The van der Waals surface area contributed by atoms with Crippen molar-refractivity contribution in [1.29, 1.82) is 0 Å². The molecule has 32 heavy (non-hydrogen) atoms. The molecule has 1 aliphatic rings. The average Bonchev–Trinajstić information content (AvgIpc) is 3.07. The van der Waals surface area contributed by atoms with Crippen LogP contribution in [0, 0.1) is 10.1 Å². The lowest BCUT2D eigenvalue weighted by Gasteiger charge is -2.40. The zero-order valence-corrected chi connectivity index (χ0v) is 18.7. The second-order valence-corrected chi connectivity index (χ2v) is 8.39. The minimum atomic E-state index is -1.15. The number of nitrogens with zero attached hydrogens (tertiary/aromatic N) is 5. The monoisotopic (exact) mass is 455 g/mol. The highest BCUT2D eigenvalue weighted by atomic mass is 32.1. The predicted molar refractivity (Wildman–Crippen MR) is 120 cm³/mol. The predicted octanol–water partition coefficient (Wildman–Crippen LogP) is 3.07. The summed E-state index contributed by atoms with van der Waals surface area (Å²) in [6.45, 7) is 1.81. The van der Waals surface area contributed by atoms with Crippen LogP contribution in [0.5, 0.6) is 0 Å². The van der Waals surface area contributed by atoms with E-state index in [-0.39, 0.29) is 5.69 Å². The zero-order valence-electron chi connectivity index (χ0n) is 17.9. The third kappa shape index (κ3) is 3.49. The average molecular weight is 455 g/mol. The van der Waals surface area contributed by atoms with Crippen LogP contribution in [0.2, 0.25) is 0 Å². The second-order valence-electron chi connectivity index (χ2n) is 7.29. The number of rotatable bonds is 5. The van der Waals surface area contributed by atoms with Gasteiger partial charge in [0.05, 0.1) is 10.6 Å². The number of methoxy groups -OCH3 is 2. The molecular formula is C21H21N5O5S. The fourth-order valence-corrected chi connectivity index (χ4v) is 4.52. The number of non-ortho nitro benzene ring substituents is 1. The van der Waals surface area contributed by atoms with Gasteiger partial charge in [0.15, 0.2) is 5.72 Å². The van der Waals surface area contributed by atoms with Crippen LogP contribution in [0.3, 0.4) is 0 Å². The Labute approximate surface area is 187 Å². The van der Waals surface area contributed by atoms with Gasteiger partial charge in [-0.15, -0.1) is 0 Å². The fraction of sp³-hybridized carbons (Fsp3) is 0.286. The Kier molecular flexibility index (Phi) is 5.63. The molecule has 0 amide bonds. The number of ether oxygens (including phenoxy) is 2. The molecule has 2 aromatic carbocycles. The van der Waals surface area contributed by atoms with Crippen LogP contribution in [0.15, 0.2) is 58.4 Å². The molecule has 2 heterocycles. The van der Waals surface area contributed by atoms with E-state index in [1.807, 2.05) is 31.2 Å². The van der Waals surface area contributed by atoms with E-state index in [4.69, 9.17) is 14.6 Å². The number of hydrogen-bond donors (Lipinski definition) is 0. The number of benzene rings is 2. The summed E-state index contributed by atoms with van der Waals surface area (Å²) in [6, 6.07) is 13.7. The Morgan fingerprint density at radius 1 is 1.16 bits per heavy atom. The Morgan fingerprint density at radius 3 is 2.41 bits per heavy atom. The van der Waals surface area contributed by atoms with Gasteiger partial charge in [0.25, 0.3) is 5.69 Å². The van der Waals surface area contributed by atoms with Crippen molar-refractivity contribution in [2.75, 3.05) is 19.2 Å². The van der Waals surface area contributed by atoms with Crippen molar-refractivity contribution in [3.63, 3.8) is 0 Å². The van der Waals surface area contributed by atoms with Crippen molar-refractivity contribution in [2.24, 2.45) is 12.1 Å². The van der Waals surface area contributed by atoms with E-state index in [0.29, 0.717) is 16.4 Å². The van der Waals surface area contributed by atoms with E-state index in [1.54, 1.807) is 38.4 Å². The first-order valence-corrected chi connectivity index (χ1v) is 10.4.